The fourth-order valence-corrected chi connectivity index (χ4v) is 4.89. The van der Waals surface area contributed by atoms with E-state index in [2.05, 4.69) is 34.4 Å². The van der Waals surface area contributed by atoms with Crippen molar-refractivity contribution in [1.82, 2.24) is 25.2 Å². The molecule has 0 saturated carbocycles. The van der Waals surface area contributed by atoms with Gasteiger partial charge in [-0.1, -0.05) is 27.7 Å². The number of nitrogens with one attached hydrogen (secondary N) is 3. The lowest BCUT2D eigenvalue weighted by atomic mass is 9.63. The molecule has 0 fully saturated rings. The van der Waals surface area contributed by atoms with Crippen LogP contribution < -0.4 is 10.6 Å². The minimum absolute atomic E-state index is 0.0964. The van der Waals surface area contributed by atoms with Crippen LogP contribution in [-0.4, -0.2) is 38.7 Å². The molecule has 2 amide bonds. The number of aromatic nitrogens is 3. The van der Waals surface area contributed by atoms with Gasteiger partial charge >= 0.3 is 0 Å². The largest absolute Gasteiger partial charge is 0.352 e. The minimum Gasteiger partial charge on any atom is -0.352 e. The summed E-state index contributed by atoms with van der Waals surface area (Å²) in [6.45, 7) is 8.43. The average molecular weight is 436 g/mol. The van der Waals surface area contributed by atoms with Crippen LogP contribution in [0.4, 0.5) is 0 Å². The van der Waals surface area contributed by atoms with E-state index in [-0.39, 0.29) is 29.6 Å². The van der Waals surface area contributed by atoms with E-state index in [0.717, 1.165) is 28.6 Å². The van der Waals surface area contributed by atoms with E-state index in [9.17, 15) is 14.4 Å². The van der Waals surface area contributed by atoms with Crippen LogP contribution in [0.5, 0.6) is 0 Å². The van der Waals surface area contributed by atoms with Gasteiger partial charge in [-0.25, -0.2) is 4.98 Å². The molecule has 2 heterocycles. The van der Waals surface area contributed by atoms with Gasteiger partial charge in [0.15, 0.2) is 5.78 Å². The molecule has 1 aromatic carbocycles. The summed E-state index contributed by atoms with van der Waals surface area (Å²) in [5.41, 5.74) is 3.08. The second-order valence-corrected chi connectivity index (χ2v) is 9.86. The van der Waals surface area contributed by atoms with Crippen molar-refractivity contribution in [3.63, 3.8) is 0 Å². The number of rotatable bonds is 5. The Balaban J connectivity index is 1.50. The number of carbonyl (C=O) groups is 3. The summed E-state index contributed by atoms with van der Waals surface area (Å²) in [7, 11) is 1.85. The molecule has 2 aromatic heterocycles. The van der Waals surface area contributed by atoms with E-state index in [4.69, 9.17) is 0 Å². The topological polar surface area (TPSA) is 109 Å². The number of carbonyl (C=O) groups excluding carboxylic acids is 3. The maximum atomic E-state index is 13.0. The Bertz CT molecular complexity index is 1230. The molecular formula is C24H29N5O3. The lowest BCUT2D eigenvalue weighted by Crippen LogP contribution is -2.39. The number of benzene rings is 1. The molecule has 0 spiro atoms. The van der Waals surface area contributed by atoms with Gasteiger partial charge in [0, 0.05) is 35.1 Å². The molecule has 0 bridgehead atoms. The zero-order valence-electron chi connectivity index (χ0n) is 19.1. The van der Waals surface area contributed by atoms with Crippen LogP contribution >= 0.6 is 0 Å². The number of aryl methyl sites for hydroxylation is 1. The van der Waals surface area contributed by atoms with Crippen LogP contribution in [0.25, 0.3) is 10.9 Å². The minimum atomic E-state index is -0.444. The van der Waals surface area contributed by atoms with Crippen molar-refractivity contribution in [2.24, 2.45) is 12.5 Å². The second-order valence-electron chi connectivity index (χ2n) is 9.86. The molecule has 8 nitrogen and oxygen atoms in total. The lowest BCUT2D eigenvalue weighted by Gasteiger charge is -2.39. The van der Waals surface area contributed by atoms with E-state index in [0.29, 0.717) is 17.8 Å². The first-order valence-electron chi connectivity index (χ1n) is 10.7. The molecule has 1 aliphatic carbocycles. The molecule has 1 aliphatic rings. The van der Waals surface area contributed by atoms with Crippen molar-refractivity contribution in [3.05, 3.63) is 53.2 Å². The number of amides is 2. The number of Topliss-reactive ketones (excluding diaryl/α,β-unsaturated/α-hetero) is 1. The van der Waals surface area contributed by atoms with Gasteiger partial charge in [-0.2, -0.15) is 0 Å². The molecule has 4 rings (SSSR count). The Hall–Kier alpha value is -3.42. The average Bonchev–Trinajstić information content (AvgIpc) is 3.31. The molecule has 8 heteroatoms. The highest BCUT2D eigenvalue weighted by molar-refractivity contribution is 6.08. The molecule has 3 N–H and O–H groups in total. The van der Waals surface area contributed by atoms with Gasteiger partial charge in [-0.05, 0) is 35.6 Å². The maximum Gasteiger partial charge on any atom is 0.251 e. The number of H-pyrrole nitrogens is 1. The number of fused-ring (bicyclic) bond motifs is 3. The van der Waals surface area contributed by atoms with Gasteiger partial charge in [0.1, 0.15) is 0 Å². The number of ketones is 1. The molecule has 3 aromatic rings. The molecule has 0 radical (unpaired) electrons. The van der Waals surface area contributed by atoms with E-state index in [1.54, 1.807) is 24.7 Å². The number of hydrogen-bond donors (Lipinski definition) is 3. The number of hydrogen-bond acceptors (Lipinski definition) is 4. The van der Waals surface area contributed by atoms with Crippen LogP contribution in [0.3, 0.4) is 0 Å². The SMILES string of the molecule is Cn1cncc1CNC(=O)CNC(=O)c1ccc2[nH]c3c(c2c1)C(C)(C)CC(C)(C)C3=O. The summed E-state index contributed by atoms with van der Waals surface area (Å²) < 4.78 is 1.82. The summed E-state index contributed by atoms with van der Waals surface area (Å²) in [5, 5.41) is 6.31. The third kappa shape index (κ3) is 3.81. The van der Waals surface area contributed by atoms with Crippen molar-refractivity contribution in [2.45, 2.75) is 46.1 Å². The Kier molecular flexibility index (Phi) is 5.19. The summed E-state index contributed by atoms with van der Waals surface area (Å²) >= 11 is 0. The molecular weight excluding hydrogens is 406 g/mol. The molecule has 0 aliphatic heterocycles. The van der Waals surface area contributed by atoms with E-state index < -0.39 is 5.41 Å². The summed E-state index contributed by atoms with van der Waals surface area (Å²) in [6, 6.07) is 5.33. The highest BCUT2D eigenvalue weighted by Crippen LogP contribution is 2.48. The molecule has 0 unspecified atom stereocenters. The van der Waals surface area contributed by atoms with Crippen LogP contribution in [0.1, 0.15) is 66.2 Å². The number of imidazole rings is 1. The summed E-state index contributed by atoms with van der Waals surface area (Å²) in [5.74, 6) is -0.523. The molecule has 168 valence electrons. The predicted molar refractivity (Wildman–Crippen MR) is 121 cm³/mol. The van der Waals surface area contributed by atoms with Crippen molar-refractivity contribution in [3.8, 4) is 0 Å². The van der Waals surface area contributed by atoms with Crippen LogP contribution in [0, 0.1) is 5.41 Å². The van der Waals surface area contributed by atoms with E-state index >= 15 is 0 Å². The molecule has 32 heavy (non-hydrogen) atoms. The van der Waals surface area contributed by atoms with Crippen molar-refractivity contribution in [2.75, 3.05) is 6.54 Å². The smallest absolute Gasteiger partial charge is 0.251 e. The van der Waals surface area contributed by atoms with E-state index in [1.807, 2.05) is 31.5 Å². The first-order valence-corrected chi connectivity index (χ1v) is 10.7. The summed E-state index contributed by atoms with van der Waals surface area (Å²) in [4.78, 5) is 45.1. The van der Waals surface area contributed by atoms with Gasteiger partial charge < -0.3 is 20.2 Å². The third-order valence-electron chi connectivity index (χ3n) is 6.26. The Morgan fingerprint density at radius 1 is 1.16 bits per heavy atom. The normalized spacial score (nSPS) is 16.6. The van der Waals surface area contributed by atoms with E-state index in [1.165, 1.54) is 0 Å². The first kappa shape index (κ1) is 21.8. The molecule has 0 atom stereocenters. The van der Waals surface area contributed by atoms with Gasteiger partial charge in [0.2, 0.25) is 5.91 Å². The monoisotopic (exact) mass is 435 g/mol. The van der Waals surface area contributed by atoms with Crippen LogP contribution in [0.15, 0.2) is 30.7 Å². The quantitative estimate of drug-likeness (QED) is 0.572. The Morgan fingerprint density at radius 3 is 2.59 bits per heavy atom. The Labute approximate surface area is 186 Å². The lowest BCUT2D eigenvalue weighted by molar-refractivity contribution is -0.120. The zero-order chi connectivity index (χ0) is 23.3. The zero-order valence-corrected chi connectivity index (χ0v) is 19.1. The van der Waals surface area contributed by atoms with Crippen molar-refractivity contribution >= 4 is 28.5 Å². The fraction of sp³-hybridized carbons (Fsp3) is 0.417. The van der Waals surface area contributed by atoms with Gasteiger partial charge in [-0.3, -0.25) is 14.4 Å². The first-order chi connectivity index (χ1) is 15.0. The van der Waals surface area contributed by atoms with Crippen LogP contribution in [-0.2, 0) is 23.8 Å². The fourth-order valence-electron chi connectivity index (χ4n) is 4.89. The number of aromatic amines is 1. The Morgan fingerprint density at radius 2 is 1.91 bits per heavy atom. The highest BCUT2D eigenvalue weighted by atomic mass is 16.2. The van der Waals surface area contributed by atoms with Gasteiger partial charge in [-0.15, -0.1) is 0 Å². The predicted octanol–water partition coefficient (Wildman–Crippen LogP) is 2.84. The standard InChI is InChI=1S/C24H29N5O3/c1-23(2)12-24(3,4)21(31)20-19(23)16-8-14(6-7-17(16)28-20)22(32)27-11-18(30)26-10-15-9-25-13-29(15)5/h6-9,13,28H,10-12H2,1-5H3,(H,26,30)(H,27,32). The molecule has 0 saturated heterocycles. The van der Waals surface area contributed by atoms with Crippen LogP contribution in [0.2, 0.25) is 0 Å². The van der Waals surface area contributed by atoms with Crippen molar-refractivity contribution in [1.29, 1.82) is 0 Å². The van der Waals surface area contributed by atoms with Gasteiger partial charge in [0.05, 0.1) is 30.8 Å². The second kappa shape index (κ2) is 7.62. The van der Waals surface area contributed by atoms with Gasteiger partial charge in [0.25, 0.3) is 5.91 Å². The summed E-state index contributed by atoms with van der Waals surface area (Å²) in [6.07, 6.45) is 4.07. The maximum absolute atomic E-state index is 13.0. The third-order valence-corrected chi connectivity index (χ3v) is 6.26. The highest BCUT2D eigenvalue weighted by Gasteiger charge is 2.45. The van der Waals surface area contributed by atoms with Crippen molar-refractivity contribution < 1.29 is 14.4 Å². The number of nitrogens with zero attached hydrogens (tertiary/aromatic N) is 2.